The second-order valence-corrected chi connectivity index (χ2v) is 7.79. The Morgan fingerprint density at radius 2 is 1.84 bits per heavy atom. The number of nitrogens with one attached hydrogen (secondary N) is 1. The summed E-state index contributed by atoms with van der Waals surface area (Å²) >= 11 is 0. The molecule has 2 aromatic rings. The predicted octanol–water partition coefficient (Wildman–Crippen LogP) is 4.93. The van der Waals surface area contributed by atoms with E-state index in [2.05, 4.69) is 10.1 Å². The summed E-state index contributed by atoms with van der Waals surface area (Å²) in [6.07, 6.45) is -6.58. The van der Waals surface area contributed by atoms with E-state index in [9.17, 15) is 22.8 Å². The number of Topliss-reactive ketones (excluding diaryl/α,β-unsaturated/α-hetero) is 1. The number of benzene rings is 2. The van der Waals surface area contributed by atoms with Crippen molar-refractivity contribution in [2.45, 2.75) is 45.2 Å². The molecule has 0 aliphatic carbocycles. The number of nitrogens with zero attached hydrogens (tertiary/aromatic N) is 1. The summed E-state index contributed by atoms with van der Waals surface area (Å²) in [5.41, 5.74) is -0.788. The van der Waals surface area contributed by atoms with Gasteiger partial charge in [-0.05, 0) is 44.5 Å². The fraction of sp³-hybridized carbons (Fsp3) is 0.364. The monoisotopic (exact) mass is 436 g/mol. The number of carbonyl (C=O) groups excluding carboxylic acids is 2. The molecule has 1 unspecified atom stereocenters. The molecule has 0 bridgehead atoms. The lowest BCUT2D eigenvalue weighted by atomic mass is 10.1. The molecule has 9 heteroatoms. The molecule has 0 aromatic heterocycles. The van der Waals surface area contributed by atoms with Crippen LogP contribution in [-0.2, 0) is 16.1 Å². The van der Waals surface area contributed by atoms with Gasteiger partial charge in [-0.1, -0.05) is 30.3 Å². The highest BCUT2D eigenvalue weighted by atomic mass is 19.4. The number of anilines is 2. The summed E-state index contributed by atoms with van der Waals surface area (Å²) in [6.45, 7) is 3.78. The highest BCUT2D eigenvalue weighted by Gasteiger charge is 2.51. The maximum atomic E-state index is 13.0. The van der Waals surface area contributed by atoms with Gasteiger partial charge in [0.25, 0.3) is 0 Å². The first-order valence-corrected chi connectivity index (χ1v) is 9.63. The third-order valence-electron chi connectivity index (χ3n) is 4.90. The van der Waals surface area contributed by atoms with E-state index in [0.717, 1.165) is 19.4 Å². The van der Waals surface area contributed by atoms with E-state index in [1.54, 1.807) is 12.1 Å². The molecule has 1 aliphatic heterocycles. The lowest BCUT2D eigenvalue weighted by molar-refractivity contribution is -0.242. The first-order chi connectivity index (χ1) is 14.5. The minimum atomic E-state index is -4.71. The van der Waals surface area contributed by atoms with Crippen LogP contribution >= 0.6 is 0 Å². The van der Waals surface area contributed by atoms with E-state index in [-0.39, 0.29) is 11.5 Å². The van der Waals surface area contributed by atoms with Crippen molar-refractivity contribution in [2.75, 3.05) is 16.8 Å². The molecule has 1 N–H and O–H groups in total. The molecule has 1 heterocycles. The lowest BCUT2D eigenvalue weighted by Gasteiger charge is -2.35. The van der Waals surface area contributed by atoms with Crippen LogP contribution in [0.4, 0.5) is 29.3 Å². The number of hydrogen-bond acceptors (Lipinski definition) is 5. The maximum absolute atomic E-state index is 13.0. The van der Waals surface area contributed by atoms with Gasteiger partial charge in [-0.15, -0.1) is 0 Å². The van der Waals surface area contributed by atoms with E-state index in [0.29, 0.717) is 24.5 Å². The highest BCUT2D eigenvalue weighted by molar-refractivity contribution is 5.87. The van der Waals surface area contributed by atoms with Gasteiger partial charge in [0.05, 0.1) is 12.2 Å². The fourth-order valence-electron chi connectivity index (χ4n) is 3.03. The van der Waals surface area contributed by atoms with Gasteiger partial charge in [0.15, 0.2) is 11.9 Å². The smallest absolute Gasteiger partial charge is 0.427 e. The largest absolute Gasteiger partial charge is 0.479 e. The number of fused-ring (bicyclic) bond motifs is 1. The number of amides is 1. The molecule has 3 rings (SSSR count). The number of carbonyl (C=O) groups is 2. The number of halogens is 3. The third kappa shape index (κ3) is 5.28. The predicted molar refractivity (Wildman–Crippen MR) is 109 cm³/mol. The Morgan fingerprint density at radius 3 is 2.45 bits per heavy atom. The van der Waals surface area contributed by atoms with Crippen LogP contribution < -0.4 is 15.0 Å². The second kappa shape index (κ2) is 8.49. The van der Waals surface area contributed by atoms with Crippen molar-refractivity contribution < 1.29 is 32.2 Å². The molecule has 6 nitrogen and oxygen atoms in total. The number of ketones is 1. The zero-order valence-electron chi connectivity index (χ0n) is 17.3. The summed E-state index contributed by atoms with van der Waals surface area (Å²) < 4.78 is 49.2. The van der Waals surface area contributed by atoms with E-state index < -0.39 is 24.0 Å². The topological polar surface area (TPSA) is 67.9 Å². The summed E-state index contributed by atoms with van der Waals surface area (Å²) in [4.78, 5) is 25.9. The average molecular weight is 436 g/mol. The molecular formula is C22H23F3N2O4. The van der Waals surface area contributed by atoms with Crippen LogP contribution in [0.5, 0.6) is 5.75 Å². The number of hydrogen-bond donors (Lipinski definition) is 1. The molecular weight excluding hydrogens is 413 g/mol. The third-order valence-corrected chi connectivity index (χ3v) is 4.90. The molecule has 31 heavy (non-hydrogen) atoms. The van der Waals surface area contributed by atoms with Crippen LogP contribution in [0, 0.1) is 0 Å². The van der Waals surface area contributed by atoms with Crippen molar-refractivity contribution in [3.05, 3.63) is 54.1 Å². The SMILES string of the molecule is CC(=O)C1CN(Cc2ccccc2)c2cc(NC(=O)OC(C)(C)C(F)(F)F)ccc2O1. The van der Waals surface area contributed by atoms with Crippen molar-refractivity contribution in [3.63, 3.8) is 0 Å². The molecule has 0 saturated heterocycles. The quantitative estimate of drug-likeness (QED) is 0.720. The van der Waals surface area contributed by atoms with Gasteiger partial charge in [-0.2, -0.15) is 13.2 Å². The van der Waals surface area contributed by atoms with Crippen molar-refractivity contribution in [1.82, 2.24) is 0 Å². The maximum Gasteiger partial charge on any atom is 0.427 e. The van der Waals surface area contributed by atoms with Crippen molar-refractivity contribution in [3.8, 4) is 5.75 Å². The Hall–Kier alpha value is -3.23. The molecule has 0 radical (unpaired) electrons. The standard InChI is InChI=1S/C22H23F3N2O4/c1-14(28)19-13-27(12-15-7-5-4-6-8-15)17-11-16(9-10-18(17)30-19)26-20(29)31-21(2,3)22(23,24)25/h4-11,19H,12-13H2,1-3H3,(H,26,29). The van der Waals surface area contributed by atoms with Gasteiger partial charge in [-0.3, -0.25) is 10.1 Å². The number of rotatable bonds is 5. The minimum Gasteiger partial charge on any atom is -0.479 e. The highest BCUT2D eigenvalue weighted by Crippen LogP contribution is 2.37. The molecule has 166 valence electrons. The average Bonchev–Trinajstić information content (AvgIpc) is 2.67. The van der Waals surface area contributed by atoms with E-state index in [1.165, 1.54) is 13.0 Å². The van der Waals surface area contributed by atoms with Crippen LogP contribution in [0.2, 0.25) is 0 Å². The minimum absolute atomic E-state index is 0.121. The Labute approximate surface area is 177 Å². The zero-order chi connectivity index (χ0) is 22.8. The van der Waals surface area contributed by atoms with E-state index >= 15 is 0 Å². The number of ether oxygens (including phenoxy) is 2. The van der Waals surface area contributed by atoms with Crippen LogP contribution in [0.15, 0.2) is 48.5 Å². The van der Waals surface area contributed by atoms with E-state index in [4.69, 9.17) is 4.74 Å². The van der Waals surface area contributed by atoms with Crippen molar-refractivity contribution in [1.29, 1.82) is 0 Å². The van der Waals surface area contributed by atoms with Gasteiger partial charge in [0, 0.05) is 12.2 Å². The van der Waals surface area contributed by atoms with Crippen LogP contribution in [0.1, 0.15) is 26.3 Å². The number of alkyl halides is 3. The van der Waals surface area contributed by atoms with Gasteiger partial charge in [0.2, 0.25) is 5.60 Å². The zero-order valence-corrected chi connectivity index (χ0v) is 17.3. The second-order valence-electron chi connectivity index (χ2n) is 7.79. The van der Waals surface area contributed by atoms with Crippen molar-refractivity contribution in [2.24, 2.45) is 0 Å². The Balaban J connectivity index is 1.83. The molecule has 0 fully saturated rings. The molecule has 1 aliphatic rings. The van der Waals surface area contributed by atoms with Crippen LogP contribution in [0.25, 0.3) is 0 Å². The summed E-state index contributed by atoms with van der Waals surface area (Å²) in [7, 11) is 0. The molecule has 1 amide bonds. The molecule has 0 spiro atoms. The first-order valence-electron chi connectivity index (χ1n) is 9.63. The van der Waals surface area contributed by atoms with Gasteiger partial charge < -0.3 is 14.4 Å². The van der Waals surface area contributed by atoms with Gasteiger partial charge >= 0.3 is 12.3 Å². The van der Waals surface area contributed by atoms with E-state index in [1.807, 2.05) is 35.2 Å². The molecule has 2 aromatic carbocycles. The van der Waals surface area contributed by atoms with Crippen LogP contribution in [-0.4, -0.2) is 36.3 Å². The summed E-state index contributed by atoms with van der Waals surface area (Å²) in [5.74, 6) is 0.320. The van der Waals surface area contributed by atoms with Crippen molar-refractivity contribution >= 4 is 23.3 Å². The fourth-order valence-corrected chi connectivity index (χ4v) is 3.03. The Kier molecular flexibility index (Phi) is 6.15. The summed E-state index contributed by atoms with van der Waals surface area (Å²) in [5, 5.41) is 2.33. The van der Waals surface area contributed by atoms with Gasteiger partial charge in [-0.25, -0.2) is 4.79 Å². The van der Waals surface area contributed by atoms with Crippen LogP contribution in [0.3, 0.4) is 0 Å². The molecule has 0 saturated carbocycles. The Bertz CT molecular complexity index is 961. The van der Waals surface area contributed by atoms with Gasteiger partial charge in [0.1, 0.15) is 5.75 Å². The molecule has 1 atom stereocenters. The first kappa shape index (κ1) is 22.5. The lowest BCUT2D eigenvalue weighted by Crippen LogP contribution is -2.44. The summed E-state index contributed by atoms with van der Waals surface area (Å²) in [6, 6.07) is 14.2. The normalized spacial score (nSPS) is 16.2. The Morgan fingerprint density at radius 1 is 1.16 bits per heavy atom.